The molecule has 9 heteroatoms. The SMILES string of the molecule is COc1ccc(Nc2nc(-c3cccc(C(=O)NC4CCNCC4)c3)cn3ccnc23)cc1OC. The van der Waals surface area contributed by atoms with Gasteiger partial charge in [0.05, 0.1) is 19.9 Å². The maximum absolute atomic E-state index is 12.9. The van der Waals surface area contributed by atoms with Crippen molar-refractivity contribution in [3.63, 3.8) is 0 Å². The minimum absolute atomic E-state index is 0.0638. The van der Waals surface area contributed by atoms with Gasteiger partial charge < -0.3 is 29.8 Å². The van der Waals surface area contributed by atoms with E-state index in [2.05, 4.69) is 20.9 Å². The molecule has 0 bridgehead atoms. The highest BCUT2D eigenvalue weighted by atomic mass is 16.5. The number of methoxy groups -OCH3 is 2. The maximum Gasteiger partial charge on any atom is 0.251 e. The van der Waals surface area contributed by atoms with Crippen molar-refractivity contribution in [1.82, 2.24) is 25.0 Å². The fourth-order valence-electron chi connectivity index (χ4n) is 4.26. The first-order valence-electron chi connectivity index (χ1n) is 11.6. The molecule has 0 aliphatic carbocycles. The first-order chi connectivity index (χ1) is 17.1. The number of nitrogens with one attached hydrogen (secondary N) is 3. The lowest BCUT2D eigenvalue weighted by Gasteiger charge is -2.23. The number of hydrogen-bond acceptors (Lipinski definition) is 7. The molecule has 2 aromatic heterocycles. The summed E-state index contributed by atoms with van der Waals surface area (Å²) in [5.41, 5.74) is 3.64. The highest BCUT2D eigenvalue weighted by molar-refractivity contribution is 5.95. The predicted octanol–water partition coefficient (Wildman–Crippen LogP) is 3.64. The van der Waals surface area contributed by atoms with Gasteiger partial charge in [0.2, 0.25) is 0 Å². The predicted molar refractivity (Wildman–Crippen MR) is 135 cm³/mol. The van der Waals surface area contributed by atoms with E-state index >= 15 is 0 Å². The van der Waals surface area contributed by atoms with E-state index in [0.717, 1.165) is 42.9 Å². The smallest absolute Gasteiger partial charge is 0.251 e. The Morgan fingerprint density at radius 3 is 2.71 bits per heavy atom. The van der Waals surface area contributed by atoms with Crippen LogP contribution in [0.25, 0.3) is 16.9 Å². The summed E-state index contributed by atoms with van der Waals surface area (Å²) in [7, 11) is 3.20. The van der Waals surface area contributed by atoms with Crippen molar-refractivity contribution in [2.75, 3.05) is 32.6 Å². The van der Waals surface area contributed by atoms with Gasteiger partial charge in [-0.2, -0.15) is 0 Å². The minimum Gasteiger partial charge on any atom is -0.493 e. The van der Waals surface area contributed by atoms with Crippen LogP contribution < -0.4 is 25.4 Å². The average molecular weight is 473 g/mol. The number of carbonyl (C=O) groups is 1. The molecule has 1 aliphatic rings. The number of nitrogens with zero attached hydrogens (tertiary/aromatic N) is 3. The summed E-state index contributed by atoms with van der Waals surface area (Å²) in [5, 5.41) is 9.82. The molecule has 4 aromatic rings. The number of aromatic nitrogens is 3. The van der Waals surface area contributed by atoms with E-state index in [4.69, 9.17) is 14.5 Å². The van der Waals surface area contributed by atoms with Crippen molar-refractivity contribution in [3.8, 4) is 22.8 Å². The molecule has 1 saturated heterocycles. The zero-order valence-electron chi connectivity index (χ0n) is 19.7. The van der Waals surface area contributed by atoms with Crippen molar-refractivity contribution in [2.45, 2.75) is 18.9 Å². The normalized spacial score (nSPS) is 14.0. The molecule has 5 rings (SSSR count). The van der Waals surface area contributed by atoms with Gasteiger partial charge >= 0.3 is 0 Å². The second kappa shape index (κ2) is 10.0. The monoisotopic (exact) mass is 472 g/mol. The number of imidazole rings is 1. The molecule has 9 nitrogen and oxygen atoms in total. The van der Waals surface area contributed by atoms with E-state index in [9.17, 15) is 4.79 Å². The van der Waals surface area contributed by atoms with Gasteiger partial charge in [0.15, 0.2) is 23.0 Å². The van der Waals surface area contributed by atoms with E-state index in [1.54, 1.807) is 20.4 Å². The van der Waals surface area contributed by atoms with E-state index in [1.165, 1.54) is 0 Å². The molecular weight excluding hydrogens is 444 g/mol. The Morgan fingerprint density at radius 1 is 1.09 bits per heavy atom. The van der Waals surface area contributed by atoms with Gasteiger partial charge in [-0.1, -0.05) is 12.1 Å². The first-order valence-corrected chi connectivity index (χ1v) is 11.6. The number of benzene rings is 2. The number of rotatable bonds is 7. The largest absolute Gasteiger partial charge is 0.493 e. The van der Waals surface area contributed by atoms with E-state index in [-0.39, 0.29) is 11.9 Å². The molecule has 2 aromatic carbocycles. The van der Waals surface area contributed by atoms with Crippen LogP contribution in [-0.4, -0.2) is 53.6 Å². The number of anilines is 2. The third-order valence-electron chi connectivity index (χ3n) is 6.12. The van der Waals surface area contributed by atoms with Crippen molar-refractivity contribution in [2.24, 2.45) is 0 Å². The van der Waals surface area contributed by atoms with Crippen LogP contribution in [0.4, 0.5) is 11.5 Å². The Balaban J connectivity index is 1.45. The quantitative estimate of drug-likeness (QED) is 0.377. The van der Waals surface area contributed by atoms with Crippen molar-refractivity contribution >= 4 is 23.1 Å². The number of ether oxygens (including phenoxy) is 2. The molecule has 3 heterocycles. The van der Waals surface area contributed by atoms with Crippen molar-refractivity contribution < 1.29 is 14.3 Å². The topological polar surface area (TPSA) is 102 Å². The van der Waals surface area contributed by atoms with Crippen LogP contribution in [0, 0.1) is 0 Å². The summed E-state index contributed by atoms with van der Waals surface area (Å²) >= 11 is 0. The van der Waals surface area contributed by atoms with Crippen LogP contribution in [0.2, 0.25) is 0 Å². The Hall–Kier alpha value is -4.11. The van der Waals surface area contributed by atoms with Gasteiger partial charge in [-0.05, 0) is 50.2 Å². The summed E-state index contributed by atoms with van der Waals surface area (Å²) < 4.78 is 12.7. The average Bonchev–Trinajstić information content (AvgIpc) is 3.38. The number of hydrogen-bond donors (Lipinski definition) is 3. The fourth-order valence-corrected chi connectivity index (χ4v) is 4.26. The van der Waals surface area contributed by atoms with Gasteiger partial charge in [-0.15, -0.1) is 0 Å². The molecule has 0 atom stereocenters. The molecular formula is C26H28N6O3. The zero-order valence-corrected chi connectivity index (χ0v) is 19.7. The third-order valence-corrected chi connectivity index (χ3v) is 6.12. The van der Waals surface area contributed by atoms with E-state index in [1.807, 2.05) is 59.3 Å². The minimum atomic E-state index is -0.0638. The second-order valence-electron chi connectivity index (χ2n) is 8.41. The maximum atomic E-state index is 12.9. The lowest BCUT2D eigenvalue weighted by Crippen LogP contribution is -2.42. The number of amides is 1. The number of carbonyl (C=O) groups excluding carboxylic acids is 1. The standard InChI is InChI=1S/C26H28N6O3/c1-34-22-7-6-20(15-23(22)35-2)29-24-25-28-12-13-32(25)16-21(31-24)17-4-3-5-18(14-17)26(33)30-19-8-10-27-11-9-19/h3-7,12-16,19,27H,8-11H2,1-2H3,(H,29,31)(H,30,33). The zero-order chi connectivity index (χ0) is 24.2. The molecule has 35 heavy (non-hydrogen) atoms. The molecule has 1 amide bonds. The number of fused-ring (bicyclic) bond motifs is 1. The Kier molecular flexibility index (Phi) is 6.49. The highest BCUT2D eigenvalue weighted by Crippen LogP contribution is 2.32. The molecule has 3 N–H and O–H groups in total. The van der Waals surface area contributed by atoms with Crippen LogP contribution in [0.15, 0.2) is 61.1 Å². The van der Waals surface area contributed by atoms with Gasteiger partial charge in [0, 0.05) is 47.5 Å². The fraction of sp³-hybridized carbons (Fsp3) is 0.269. The van der Waals surface area contributed by atoms with Gasteiger partial charge in [0.1, 0.15) is 0 Å². The van der Waals surface area contributed by atoms with Crippen molar-refractivity contribution in [1.29, 1.82) is 0 Å². The van der Waals surface area contributed by atoms with Gasteiger partial charge in [-0.25, -0.2) is 9.97 Å². The highest BCUT2D eigenvalue weighted by Gasteiger charge is 2.17. The van der Waals surface area contributed by atoms with Crippen LogP contribution in [0.3, 0.4) is 0 Å². The lowest BCUT2D eigenvalue weighted by molar-refractivity contribution is 0.0929. The molecule has 180 valence electrons. The summed E-state index contributed by atoms with van der Waals surface area (Å²) in [5.74, 6) is 1.78. The van der Waals surface area contributed by atoms with E-state index in [0.29, 0.717) is 28.5 Å². The van der Waals surface area contributed by atoms with Crippen molar-refractivity contribution in [3.05, 3.63) is 66.6 Å². The van der Waals surface area contributed by atoms with Gasteiger partial charge in [-0.3, -0.25) is 4.79 Å². The summed E-state index contributed by atoms with van der Waals surface area (Å²) in [6, 6.07) is 13.3. The molecule has 0 radical (unpaired) electrons. The van der Waals surface area contributed by atoms with E-state index < -0.39 is 0 Å². The molecule has 1 fully saturated rings. The molecule has 1 aliphatic heterocycles. The molecule has 0 spiro atoms. The summed E-state index contributed by atoms with van der Waals surface area (Å²) in [4.78, 5) is 22.2. The van der Waals surface area contributed by atoms with Crippen LogP contribution in [-0.2, 0) is 0 Å². The first kappa shape index (κ1) is 22.7. The molecule has 0 saturated carbocycles. The summed E-state index contributed by atoms with van der Waals surface area (Å²) in [6.45, 7) is 1.85. The Bertz CT molecular complexity index is 1350. The lowest BCUT2D eigenvalue weighted by atomic mass is 10.0. The Labute approximate surface area is 203 Å². The van der Waals surface area contributed by atoms with Crippen LogP contribution in [0.1, 0.15) is 23.2 Å². The van der Waals surface area contributed by atoms with Crippen LogP contribution in [0.5, 0.6) is 11.5 Å². The van der Waals surface area contributed by atoms with Crippen LogP contribution >= 0.6 is 0 Å². The summed E-state index contributed by atoms with van der Waals surface area (Å²) in [6.07, 6.45) is 7.38. The Morgan fingerprint density at radius 2 is 1.91 bits per heavy atom. The molecule has 0 unspecified atom stereocenters. The number of piperidine rings is 1. The second-order valence-corrected chi connectivity index (χ2v) is 8.41. The van der Waals surface area contributed by atoms with Gasteiger partial charge in [0.25, 0.3) is 5.91 Å². The third kappa shape index (κ3) is 4.90.